The van der Waals surface area contributed by atoms with Gasteiger partial charge >= 0.3 is 6.09 Å². The van der Waals surface area contributed by atoms with Crippen LogP contribution >= 0.6 is 0 Å². The summed E-state index contributed by atoms with van der Waals surface area (Å²) in [4.78, 5) is 26.8. The monoisotopic (exact) mass is 396 g/mol. The molecule has 2 amide bonds. The van der Waals surface area contributed by atoms with Crippen LogP contribution in [0.4, 0.5) is 10.5 Å². The van der Waals surface area contributed by atoms with Crippen LogP contribution in [-0.2, 0) is 9.53 Å². The van der Waals surface area contributed by atoms with Gasteiger partial charge < -0.3 is 19.7 Å². The standard InChI is InChI=1S/C23H28N2O4/c1-23(2,3)29-22(27)25-15-9-10-17(16-25)21(26)24-19-13-7-8-14-20(19)28-18-11-5-4-6-12-18/h4-8,11-14,17H,9-10,15-16H2,1-3H3,(H,24,26). The van der Waals surface area contributed by atoms with Crippen LogP contribution < -0.4 is 10.1 Å². The first kappa shape index (κ1) is 20.7. The van der Waals surface area contributed by atoms with Gasteiger partial charge in [0.25, 0.3) is 0 Å². The molecule has 2 aromatic carbocycles. The van der Waals surface area contributed by atoms with E-state index in [1.54, 1.807) is 4.90 Å². The summed E-state index contributed by atoms with van der Waals surface area (Å²) in [7, 11) is 0. The number of anilines is 1. The summed E-state index contributed by atoms with van der Waals surface area (Å²) in [5.41, 5.74) is 0.0516. The Morgan fingerprint density at radius 3 is 2.45 bits per heavy atom. The van der Waals surface area contributed by atoms with E-state index in [1.807, 2.05) is 75.4 Å². The molecule has 29 heavy (non-hydrogen) atoms. The lowest BCUT2D eigenvalue weighted by Gasteiger charge is -2.33. The van der Waals surface area contributed by atoms with Gasteiger partial charge in [-0.2, -0.15) is 0 Å². The van der Waals surface area contributed by atoms with Gasteiger partial charge in [0.15, 0.2) is 5.75 Å². The zero-order valence-corrected chi connectivity index (χ0v) is 17.2. The van der Waals surface area contributed by atoms with Crippen LogP contribution in [0.1, 0.15) is 33.6 Å². The molecule has 1 N–H and O–H groups in total. The summed E-state index contributed by atoms with van der Waals surface area (Å²) < 4.78 is 11.4. The number of nitrogens with one attached hydrogen (secondary N) is 1. The van der Waals surface area contributed by atoms with Crippen LogP contribution in [0, 0.1) is 5.92 Å². The van der Waals surface area contributed by atoms with Crippen LogP contribution in [-0.4, -0.2) is 35.6 Å². The predicted octanol–water partition coefficient (Wildman–Crippen LogP) is 5.06. The van der Waals surface area contributed by atoms with Crippen molar-refractivity contribution >= 4 is 17.7 Å². The summed E-state index contributed by atoms with van der Waals surface area (Å²) in [6.45, 7) is 6.46. The minimum atomic E-state index is -0.556. The Kier molecular flexibility index (Phi) is 6.42. The number of nitrogens with zero attached hydrogens (tertiary/aromatic N) is 1. The van der Waals surface area contributed by atoms with E-state index in [4.69, 9.17) is 9.47 Å². The first-order valence-electron chi connectivity index (χ1n) is 9.92. The highest BCUT2D eigenvalue weighted by atomic mass is 16.6. The van der Waals surface area contributed by atoms with Crippen LogP contribution in [0.15, 0.2) is 54.6 Å². The first-order chi connectivity index (χ1) is 13.8. The molecule has 1 unspecified atom stereocenters. The number of para-hydroxylation sites is 3. The van der Waals surface area contributed by atoms with E-state index >= 15 is 0 Å². The van der Waals surface area contributed by atoms with E-state index in [0.717, 1.165) is 12.8 Å². The third-order valence-electron chi connectivity index (χ3n) is 4.56. The summed E-state index contributed by atoms with van der Waals surface area (Å²) in [6.07, 6.45) is 1.12. The number of hydrogen-bond donors (Lipinski definition) is 1. The maximum atomic E-state index is 12.9. The number of carbonyl (C=O) groups is 2. The van der Waals surface area contributed by atoms with Crippen LogP contribution in [0.5, 0.6) is 11.5 Å². The van der Waals surface area contributed by atoms with E-state index in [-0.39, 0.29) is 17.9 Å². The van der Waals surface area contributed by atoms with Gasteiger partial charge in [-0.1, -0.05) is 30.3 Å². The number of benzene rings is 2. The number of likely N-dealkylation sites (tertiary alicyclic amines) is 1. The Labute approximate surface area is 171 Å². The normalized spacial score (nSPS) is 16.8. The second-order valence-corrected chi connectivity index (χ2v) is 8.17. The van der Waals surface area contributed by atoms with Gasteiger partial charge in [0, 0.05) is 13.1 Å². The molecule has 3 rings (SSSR count). The van der Waals surface area contributed by atoms with Crippen molar-refractivity contribution in [3.05, 3.63) is 54.6 Å². The van der Waals surface area contributed by atoms with E-state index < -0.39 is 5.60 Å². The largest absolute Gasteiger partial charge is 0.455 e. The molecule has 154 valence electrons. The van der Waals surface area contributed by atoms with Gasteiger partial charge in [-0.25, -0.2) is 4.79 Å². The number of carbonyl (C=O) groups excluding carboxylic acids is 2. The molecule has 6 nitrogen and oxygen atoms in total. The summed E-state index contributed by atoms with van der Waals surface area (Å²) in [6, 6.07) is 16.8. The average Bonchev–Trinajstić information content (AvgIpc) is 2.69. The highest BCUT2D eigenvalue weighted by molar-refractivity contribution is 5.94. The molecule has 0 saturated carbocycles. The highest BCUT2D eigenvalue weighted by Gasteiger charge is 2.31. The third-order valence-corrected chi connectivity index (χ3v) is 4.56. The van der Waals surface area contributed by atoms with Crippen molar-refractivity contribution in [1.29, 1.82) is 0 Å². The van der Waals surface area contributed by atoms with Crippen molar-refractivity contribution in [3.8, 4) is 11.5 Å². The van der Waals surface area contributed by atoms with Gasteiger partial charge in [0.2, 0.25) is 5.91 Å². The second kappa shape index (κ2) is 8.99. The van der Waals surface area contributed by atoms with Gasteiger partial charge in [-0.15, -0.1) is 0 Å². The van der Waals surface area contributed by atoms with Crippen LogP contribution in [0.3, 0.4) is 0 Å². The Morgan fingerprint density at radius 1 is 1.03 bits per heavy atom. The SMILES string of the molecule is CC(C)(C)OC(=O)N1CCCC(C(=O)Nc2ccccc2Oc2ccccc2)C1. The number of hydrogen-bond acceptors (Lipinski definition) is 4. The molecule has 0 radical (unpaired) electrons. The molecule has 0 aromatic heterocycles. The van der Waals surface area contributed by atoms with E-state index in [9.17, 15) is 9.59 Å². The fourth-order valence-electron chi connectivity index (χ4n) is 3.19. The number of ether oxygens (including phenoxy) is 2. The van der Waals surface area contributed by atoms with E-state index in [1.165, 1.54) is 0 Å². The topological polar surface area (TPSA) is 67.9 Å². The maximum Gasteiger partial charge on any atom is 0.410 e. The molecular weight excluding hydrogens is 368 g/mol. The summed E-state index contributed by atoms with van der Waals surface area (Å²) in [5, 5.41) is 2.97. The van der Waals surface area contributed by atoms with E-state index in [0.29, 0.717) is 30.3 Å². The minimum absolute atomic E-state index is 0.123. The molecule has 6 heteroatoms. The fraction of sp³-hybridized carbons (Fsp3) is 0.391. The van der Waals surface area contributed by atoms with Crippen molar-refractivity contribution in [2.45, 2.75) is 39.2 Å². The van der Waals surface area contributed by atoms with Gasteiger partial charge in [-0.05, 0) is 57.9 Å². The van der Waals surface area contributed by atoms with Crippen molar-refractivity contribution in [2.75, 3.05) is 18.4 Å². The number of amides is 2. The highest BCUT2D eigenvalue weighted by Crippen LogP contribution is 2.30. The average molecular weight is 396 g/mol. The lowest BCUT2D eigenvalue weighted by molar-refractivity contribution is -0.121. The third kappa shape index (κ3) is 5.98. The van der Waals surface area contributed by atoms with Crippen molar-refractivity contribution in [1.82, 2.24) is 4.90 Å². The Bertz CT molecular complexity index is 845. The Balaban J connectivity index is 1.65. The Morgan fingerprint density at radius 2 is 1.72 bits per heavy atom. The molecule has 0 bridgehead atoms. The molecule has 1 aliphatic rings. The van der Waals surface area contributed by atoms with Gasteiger partial charge in [0.1, 0.15) is 11.4 Å². The quantitative estimate of drug-likeness (QED) is 0.784. The summed E-state index contributed by atoms with van der Waals surface area (Å²) >= 11 is 0. The smallest absolute Gasteiger partial charge is 0.410 e. The molecule has 1 atom stereocenters. The summed E-state index contributed by atoms with van der Waals surface area (Å²) in [5.74, 6) is 0.859. The van der Waals surface area contributed by atoms with Gasteiger partial charge in [-0.3, -0.25) is 4.79 Å². The molecule has 1 saturated heterocycles. The Hall–Kier alpha value is -3.02. The van der Waals surface area contributed by atoms with Crippen molar-refractivity contribution < 1.29 is 19.1 Å². The van der Waals surface area contributed by atoms with Crippen LogP contribution in [0.2, 0.25) is 0 Å². The van der Waals surface area contributed by atoms with Crippen molar-refractivity contribution in [3.63, 3.8) is 0 Å². The number of rotatable bonds is 4. The molecule has 1 aliphatic heterocycles. The molecular formula is C23H28N2O4. The van der Waals surface area contributed by atoms with Gasteiger partial charge in [0.05, 0.1) is 11.6 Å². The zero-order valence-electron chi connectivity index (χ0n) is 17.2. The molecule has 0 aliphatic carbocycles. The molecule has 1 heterocycles. The first-order valence-corrected chi connectivity index (χ1v) is 9.92. The zero-order chi connectivity index (χ0) is 20.9. The number of piperidine rings is 1. The van der Waals surface area contributed by atoms with Crippen molar-refractivity contribution in [2.24, 2.45) is 5.92 Å². The molecule has 0 spiro atoms. The maximum absolute atomic E-state index is 12.9. The lowest BCUT2D eigenvalue weighted by atomic mass is 9.97. The predicted molar refractivity (Wildman–Crippen MR) is 112 cm³/mol. The van der Waals surface area contributed by atoms with Crippen LogP contribution in [0.25, 0.3) is 0 Å². The molecule has 1 fully saturated rings. The fourth-order valence-corrected chi connectivity index (χ4v) is 3.19. The second-order valence-electron chi connectivity index (χ2n) is 8.17. The minimum Gasteiger partial charge on any atom is -0.455 e. The van der Waals surface area contributed by atoms with E-state index in [2.05, 4.69) is 5.32 Å². The molecule has 2 aromatic rings. The lowest BCUT2D eigenvalue weighted by Crippen LogP contribution is -2.45.